The molecule has 1 fully saturated rings. The fourth-order valence-corrected chi connectivity index (χ4v) is 3.26. The molecule has 1 aliphatic rings. The van der Waals surface area contributed by atoms with Crippen LogP contribution >= 0.6 is 0 Å². The summed E-state index contributed by atoms with van der Waals surface area (Å²) in [5, 5.41) is 9.50. The zero-order chi connectivity index (χ0) is 20.5. The first kappa shape index (κ1) is 20.6. The molecule has 0 aliphatic carbocycles. The number of rotatable bonds is 6. The van der Waals surface area contributed by atoms with Gasteiger partial charge < -0.3 is 20.9 Å². The van der Waals surface area contributed by atoms with Crippen LogP contribution in [0, 0.1) is 5.82 Å². The molecule has 3 rings (SSSR count). The highest BCUT2D eigenvalue weighted by Gasteiger charge is 2.17. The highest BCUT2D eigenvalue weighted by molar-refractivity contribution is 5.89. The second-order valence-electron chi connectivity index (χ2n) is 7.05. The standard InChI is InChI=1S/C22H28FN5O/c1-24-21(25-12-11-17-7-9-19(23)10-8-17)26-16-18-5-4-6-20(15-18)27-22(29)28-13-2-3-14-28/h4-10,15H,2-3,11-14,16H2,1H3,(H,27,29)(H2,24,25,26). The topological polar surface area (TPSA) is 68.8 Å². The Morgan fingerprint density at radius 1 is 1.07 bits per heavy atom. The van der Waals surface area contributed by atoms with E-state index in [1.54, 1.807) is 19.2 Å². The lowest BCUT2D eigenvalue weighted by atomic mass is 10.1. The number of urea groups is 1. The minimum Gasteiger partial charge on any atom is -0.356 e. The number of hydrogen-bond donors (Lipinski definition) is 3. The van der Waals surface area contributed by atoms with Crippen molar-refractivity contribution in [2.75, 3.05) is 32.0 Å². The maximum Gasteiger partial charge on any atom is 0.321 e. The van der Waals surface area contributed by atoms with Crippen molar-refractivity contribution in [1.82, 2.24) is 15.5 Å². The Kier molecular flexibility index (Phi) is 7.44. The van der Waals surface area contributed by atoms with Crippen LogP contribution in [0.5, 0.6) is 0 Å². The molecule has 1 saturated heterocycles. The van der Waals surface area contributed by atoms with Crippen molar-refractivity contribution in [2.45, 2.75) is 25.8 Å². The summed E-state index contributed by atoms with van der Waals surface area (Å²) < 4.78 is 13.0. The molecule has 0 spiro atoms. The molecule has 154 valence electrons. The molecule has 2 aromatic rings. The van der Waals surface area contributed by atoms with Crippen LogP contribution in [-0.2, 0) is 13.0 Å². The fourth-order valence-electron chi connectivity index (χ4n) is 3.26. The molecule has 0 atom stereocenters. The lowest BCUT2D eigenvalue weighted by Gasteiger charge is -2.17. The van der Waals surface area contributed by atoms with E-state index in [0.29, 0.717) is 19.0 Å². The predicted octanol–water partition coefficient (Wildman–Crippen LogP) is 3.36. The van der Waals surface area contributed by atoms with E-state index in [4.69, 9.17) is 0 Å². The second kappa shape index (κ2) is 10.5. The number of guanidine groups is 1. The molecular weight excluding hydrogens is 369 g/mol. The molecule has 2 amide bonds. The van der Waals surface area contributed by atoms with Gasteiger partial charge in [0.1, 0.15) is 5.82 Å². The molecular formula is C22H28FN5O. The van der Waals surface area contributed by atoms with Gasteiger partial charge in [0.15, 0.2) is 5.96 Å². The van der Waals surface area contributed by atoms with Gasteiger partial charge in [-0.25, -0.2) is 9.18 Å². The molecule has 0 unspecified atom stereocenters. The summed E-state index contributed by atoms with van der Waals surface area (Å²) in [6, 6.07) is 14.3. The van der Waals surface area contributed by atoms with Gasteiger partial charge in [-0.1, -0.05) is 24.3 Å². The summed E-state index contributed by atoms with van der Waals surface area (Å²) in [7, 11) is 1.72. The summed E-state index contributed by atoms with van der Waals surface area (Å²) in [6.45, 7) is 2.93. The summed E-state index contributed by atoms with van der Waals surface area (Å²) >= 11 is 0. The van der Waals surface area contributed by atoms with E-state index in [-0.39, 0.29) is 11.8 Å². The Labute approximate surface area is 171 Å². The third-order valence-corrected chi connectivity index (χ3v) is 4.87. The van der Waals surface area contributed by atoms with Crippen molar-refractivity contribution in [2.24, 2.45) is 4.99 Å². The first-order valence-electron chi connectivity index (χ1n) is 9.98. The minimum absolute atomic E-state index is 0.0362. The quantitative estimate of drug-likeness (QED) is 0.517. The van der Waals surface area contributed by atoms with Crippen LogP contribution in [0.15, 0.2) is 53.5 Å². The predicted molar refractivity (Wildman–Crippen MR) is 115 cm³/mol. The van der Waals surface area contributed by atoms with Crippen molar-refractivity contribution >= 4 is 17.7 Å². The number of carbonyl (C=O) groups is 1. The van der Waals surface area contributed by atoms with E-state index in [9.17, 15) is 9.18 Å². The molecule has 0 aromatic heterocycles. The van der Waals surface area contributed by atoms with Crippen LogP contribution in [0.3, 0.4) is 0 Å². The summed E-state index contributed by atoms with van der Waals surface area (Å²) in [6.07, 6.45) is 2.92. The second-order valence-corrected chi connectivity index (χ2v) is 7.05. The van der Waals surface area contributed by atoms with Gasteiger partial charge in [0.2, 0.25) is 0 Å². The summed E-state index contributed by atoms with van der Waals surface area (Å²) in [4.78, 5) is 18.3. The van der Waals surface area contributed by atoms with E-state index in [1.165, 1.54) is 12.1 Å². The first-order chi connectivity index (χ1) is 14.1. The number of carbonyl (C=O) groups excluding carboxylic acids is 1. The van der Waals surface area contributed by atoms with Gasteiger partial charge in [-0.05, 0) is 54.7 Å². The van der Waals surface area contributed by atoms with Crippen LogP contribution in [0.1, 0.15) is 24.0 Å². The van der Waals surface area contributed by atoms with Crippen LogP contribution in [0.25, 0.3) is 0 Å². The highest BCUT2D eigenvalue weighted by Crippen LogP contribution is 2.14. The maximum absolute atomic E-state index is 13.0. The normalized spacial score (nSPS) is 14.0. The van der Waals surface area contributed by atoms with E-state index in [1.807, 2.05) is 29.2 Å². The molecule has 6 nitrogen and oxygen atoms in total. The van der Waals surface area contributed by atoms with Crippen LogP contribution in [-0.4, -0.2) is 43.6 Å². The van der Waals surface area contributed by atoms with Crippen molar-refractivity contribution in [1.29, 1.82) is 0 Å². The molecule has 1 heterocycles. The van der Waals surface area contributed by atoms with E-state index in [2.05, 4.69) is 20.9 Å². The number of anilines is 1. The number of hydrogen-bond acceptors (Lipinski definition) is 2. The number of amides is 2. The van der Waals surface area contributed by atoms with Crippen molar-refractivity contribution in [3.8, 4) is 0 Å². The average molecular weight is 397 g/mol. The monoisotopic (exact) mass is 397 g/mol. The van der Waals surface area contributed by atoms with E-state index in [0.717, 1.165) is 49.2 Å². The van der Waals surface area contributed by atoms with Gasteiger partial charge in [0.25, 0.3) is 0 Å². The van der Waals surface area contributed by atoms with Gasteiger partial charge >= 0.3 is 6.03 Å². The Morgan fingerprint density at radius 3 is 2.55 bits per heavy atom. The van der Waals surface area contributed by atoms with Crippen molar-refractivity contribution in [3.05, 3.63) is 65.5 Å². The minimum atomic E-state index is -0.224. The molecule has 2 aromatic carbocycles. The number of likely N-dealkylation sites (tertiary alicyclic amines) is 1. The Balaban J connectivity index is 1.45. The third-order valence-electron chi connectivity index (χ3n) is 4.87. The number of aliphatic imine (C=N–C) groups is 1. The maximum atomic E-state index is 13.0. The van der Waals surface area contributed by atoms with Crippen molar-refractivity contribution in [3.63, 3.8) is 0 Å². The van der Waals surface area contributed by atoms with Crippen LogP contribution in [0.2, 0.25) is 0 Å². The largest absolute Gasteiger partial charge is 0.356 e. The lowest BCUT2D eigenvalue weighted by Crippen LogP contribution is -2.37. The third kappa shape index (κ3) is 6.48. The average Bonchev–Trinajstić information content (AvgIpc) is 3.27. The number of nitrogens with zero attached hydrogens (tertiary/aromatic N) is 2. The Morgan fingerprint density at radius 2 is 1.83 bits per heavy atom. The molecule has 0 saturated carbocycles. The summed E-state index contributed by atoms with van der Waals surface area (Å²) in [5.74, 6) is 0.469. The molecule has 0 radical (unpaired) electrons. The molecule has 7 heteroatoms. The number of nitrogens with one attached hydrogen (secondary N) is 3. The molecule has 29 heavy (non-hydrogen) atoms. The Hall–Kier alpha value is -3.09. The van der Waals surface area contributed by atoms with Crippen LogP contribution in [0.4, 0.5) is 14.9 Å². The van der Waals surface area contributed by atoms with Gasteiger partial charge in [-0.15, -0.1) is 0 Å². The number of halogens is 1. The molecule has 3 N–H and O–H groups in total. The zero-order valence-electron chi connectivity index (χ0n) is 16.7. The van der Waals surface area contributed by atoms with Crippen LogP contribution < -0.4 is 16.0 Å². The summed E-state index contributed by atoms with van der Waals surface area (Å²) in [5.41, 5.74) is 2.90. The smallest absolute Gasteiger partial charge is 0.321 e. The van der Waals surface area contributed by atoms with Gasteiger partial charge in [0, 0.05) is 38.9 Å². The van der Waals surface area contributed by atoms with E-state index >= 15 is 0 Å². The molecule has 1 aliphatic heterocycles. The zero-order valence-corrected chi connectivity index (χ0v) is 16.7. The van der Waals surface area contributed by atoms with Gasteiger partial charge in [-0.2, -0.15) is 0 Å². The highest BCUT2D eigenvalue weighted by atomic mass is 19.1. The molecule has 0 bridgehead atoms. The van der Waals surface area contributed by atoms with Gasteiger partial charge in [0.05, 0.1) is 0 Å². The van der Waals surface area contributed by atoms with Crippen molar-refractivity contribution < 1.29 is 9.18 Å². The Bertz CT molecular complexity index is 831. The first-order valence-corrected chi connectivity index (χ1v) is 9.98. The van der Waals surface area contributed by atoms with E-state index < -0.39 is 0 Å². The van der Waals surface area contributed by atoms with Gasteiger partial charge in [-0.3, -0.25) is 4.99 Å². The lowest BCUT2D eigenvalue weighted by molar-refractivity contribution is 0.222. The fraction of sp³-hybridized carbons (Fsp3) is 0.364. The SMILES string of the molecule is CN=C(NCCc1ccc(F)cc1)NCc1cccc(NC(=O)N2CCCC2)c1. The number of benzene rings is 2.